The molecule has 0 spiro atoms. The van der Waals surface area contributed by atoms with E-state index in [2.05, 4.69) is 26.1 Å². The molecular formula is C23H31ClN2O4S. The molecule has 0 aliphatic carbocycles. The highest BCUT2D eigenvalue weighted by molar-refractivity contribution is 7.92. The largest absolute Gasteiger partial charge is 0.492 e. The van der Waals surface area contributed by atoms with E-state index in [0.717, 1.165) is 12.0 Å². The summed E-state index contributed by atoms with van der Waals surface area (Å²) in [5.41, 5.74) is 1.73. The molecule has 0 heterocycles. The van der Waals surface area contributed by atoms with Crippen molar-refractivity contribution in [1.82, 2.24) is 5.32 Å². The zero-order valence-corrected chi connectivity index (χ0v) is 20.1. The van der Waals surface area contributed by atoms with E-state index in [4.69, 9.17) is 16.3 Å². The minimum atomic E-state index is -3.51. The number of halogens is 1. The van der Waals surface area contributed by atoms with Gasteiger partial charge in [0.1, 0.15) is 12.4 Å². The average molecular weight is 467 g/mol. The van der Waals surface area contributed by atoms with Gasteiger partial charge in [-0.2, -0.15) is 0 Å². The van der Waals surface area contributed by atoms with Gasteiger partial charge < -0.3 is 10.1 Å². The highest BCUT2D eigenvalue weighted by Crippen LogP contribution is 2.27. The fourth-order valence-corrected chi connectivity index (χ4v) is 4.27. The van der Waals surface area contributed by atoms with Crippen LogP contribution in [0.2, 0.25) is 5.02 Å². The number of hydrogen-bond acceptors (Lipinski definition) is 4. The van der Waals surface area contributed by atoms with Gasteiger partial charge in [0, 0.05) is 13.0 Å². The lowest BCUT2D eigenvalue weighted by atomic mass is 9.87. The van der Waals surface area contributed by atoms with Crippen LogP contribution >= 0.6 is 11.6 Å². The van der Waals surface area contributed by atoms with E-state index in [9.17, 15) is 13.2 Å². The molecule has 2 aromatic rings. The Labute approximate surface area is 190 Å². The van der Waals surface area contributed by atoms with Gasteiger partial charge in [-0.15, -0.1) is 0 Å². The number of benzene rings is 2. The van der Waals surface area contributed by atoms with Gasteiger partial charge in [0.15, 0.2) is 0 Å². The van der Waals surface area contributed by atoms with Crippen molar-refractivity contribution < 1.29 is 17.9 Å². The van der Waals surface area contributed by atoms with Gasteiger partial charge in [-0.1, -0.05) is 56.6 Å². The van der Waals surface area contributed by atoms with Crippen LogP contribution in [0.1, 0.15) is 39.2 Å². The SMILES string of the molecule is CC(C)(C)c1ccc(OCCNC(=O)CCCN(c2ccccc2Cl)S(C)(=O)=O)cc1. The van der Waals surface area contributed by atoms with Crippen LogP contribution in [0.15, 0.2) is 48.5 Å². The molecule has 1 amide bonds. The summed E-state index contributed by atoms with van der Waals surface area (Å²) in [4.78, 5) is 12.1. The first-order valence-electron chi connectivity index (χ1n) is 10.2. The number of hydrogen-bond donors (Lipinski definition) is 1. The van der Waals surface area contributed by atoms with Crippen LogP contribution in [0.25, 0.3) is 0 Å². The third-order valence-electron chi connectivity index (χ3n) is 4.70. The number of carbonyl (C=O) groups excluding carboxylic acids is 1. The Morgan fingerprint density at radius 3 is 2.32 bits per heavy atom. The molecule has 0 radical (unpaired) electrons. The minimum absolute atomic E-state index is 0.0883. The molecule has 2 aromatic carbocycles. The van der Waals surface area contributed by atoms with Gasteiger partial charge in [0.05, 0.1) is 23.5 Å². The molecule has 8 heteroatoms. The maximum absolute atomic E-state index is 12.1. The second-order valence-corrected chi connectivity index (χ2v) is 10.7. The predicted molar refractivity (Wildman–Crippen MR) is 127 cm³/mol. The zero-order chi connectivity index (χ0) is 23.1. The molecule has 0 bridgehead atoms. The van der Waals surface area contributed by atoms with E-state index >= 15 is 0 Å². The number of amides is 1. The first kappa shape index (κ1) is 25.0. The summed E-state index contributed by atoms with van der Waals surface area (Å²) in [5.74, 6) is 0.602. The molecule has 2 rings (SSSR count). The Morgan fingerprint density at radius 2 is 1.74 bits per heavy atom. The smallest absolute Gasteiger partial charge is 0.232 e. The molecular weight excluding hydrogens is 436 g/mol. The maximum atomic E-state index is 12.1. The fraction of sp³-hybridized carbons (Fsp3) is 0.435. The van der Waals surface area contributed by atoms with Crippen molar-refractivity contribution in [3.63, 3.8) is 0 Å². The lowest BCUT2D eigenvalue weighted by molar-refractivity contribution is -0.121. The Kier molecular flexibility index (Phi) is 8.77. The van der Waals surface area contributed by atoms with Gasteiger partial charge >= 0.3 is 0 Å². The van der Waals surface area contributed by atoms with Crippen LogP contribution in [0.4, 0.5) is 5.69 Å². The van der Waals surface area contributed by atoms with Gasteiger partial charge in [-0.3, -0.25) is 9.10 Å². The number of para-hydroxylation sites is 1. The van der Waals surface area contributed by atoms with Crippen molar-refractivity contribution in [2.24, 2.45) is 0 Å². The molecule has 0 saturated carbocycles. The quantitative estimate of drug-likeness (QED) is 0.527. The van der Waals surface area contributed by atoms with Crippen molar-refractivity contribution >= 4 is 33.2 Å². The summed E-state index contributed by atoms with van der Waals surface area (Å²) >= 11 is 6.13. The van der Waals surface area contributed by atoms with Crippen LogP contribution in [0.3, 0.4) is 0 Å². The third kappa shape index (κ3) is 8.07. The van der Waals surface area contributed by atoms with Crippen LogP contribution in [0.5, 0.6) is 5.75 Å². The van der Waals surface area contributed by atoms with Crippen LogP contribution in [-0.4, -0.2) is 40.3 Å². The van der Waals surface area contributed by atoms with Gasteiger partial charge in [0.2, 0.25) is 15.9 Å². The Bertz CT molecular complexity index is 970. The van der Waals surface area contributed by atoms with Gasteiger partial charge in [-0.25, -0.2) is 8.42 Å². The number of rotatable bonds is 10. The standard InChI is InChI=1S/C23H31ClN2O4S/c1-23(2,3)18-11-13-19(14-12-18)30-17-15-25-22(27)10-7-16-26(31(4,28)29)21-9-6-5-8-20(21)24/h5-6,8-9,11-14H,7,10,15-17H2,1-4H3,(H,25,27). The number of anilines is 1. The molecule has 170 valence electrons. The van der Waals surface area contributed by atoms with Crippen molar-refractivity contribution in [2.45, 2.75) is 39.0 Å². The number of ether oxygens (including phenoxy) is 1. The topological polar surface area (TPSA) is 75.7 Å². The monoisotopic (exact) mass is 466 g/mol. The maximum Gasteiger partial charge on any atom is 0.232 e. The zero-order valence-electron chi connectivity index (χ0n) is 18.5. The summed E-state index contributed by atoms with van der Waals surface area (Å²) in [7, 11) is -3.51. The molecule has 0 saturated heterocycles. The Morgan fingerprint density at radius 1 is 1.10 bits per heavy atom. The molecule has 1 N–H and O–H groups in total. The summed E-state index contributed by atoms with van der Waals surface area (Å²) in [5, 5.41) is 3.15. The molecule has 6 nitrogen and oxygen atoms in total. The summed E-state index contributed by atoms with van der Waals surface area (Å²) in [6.07, 6.45) is 1.71. The van der Waals surface area contributed by atoms with E-state index in [1.54, 1.807) is 24.3 Å². The Hall–Kier alpha value is -2.25. The van der Waals surface area contributed by atoms with Crippen molar-refractivity contribution in [3.8, 4) is 5.75 Å². The molecule has 31 heavy (non-hydrogen) atoms. The van der Waals surface area contributed by atoms with Crippen molar-refractivity contribution in [2.75, 3.05) is 30.3 Å². The third-order valence-corrected chi connectivity index (χ3v) is 6.20. The van der Waals surface area contributed by atoms with E-state index in [1.807, 2.05) is 24.3 Å². The summed E-state index contributed by atoms with van der Waals surface area (Å²) in [6, 6.07) is 14.7. The predicted octanol–water partition coefficient (Wildman–Crippen LogP) is 4.38. The van der Waals surface area contributed by atoms with Crippen molar-refractivity contribution in [3.05, 3.63) is 59.1 Å². The van der Waals surface area contributed by atoms with Crippen LogP contribution in [-0.2, 0) is 20.2 Å². The number of carbonyl (C=O) groups is 1. The number of sulfonamides is 1. The van der Waals surface area contributed by atoms with Crippen molar-refractivity contribution in [1.29, 1.82) is 0 Å². The van der Waals surface area contributed by atoms with E-state index < -0.39 is 10.0 Å². The minimum Gasteiger partial charge on any atom is -0.492 e. The summed E-state index contributed by atoms with van der Waals surface area (Å²) in [6.45, 7) is 7.37. The van der Waals surface area contributed by atoms with E-state index in [-0.39, 0.29) is 24.3 Å². The highest BCUT2D eigenvalue weighted by Gasteiger charge is 2.19. The van der Waals surface area contributed by atoms with Gasteiger partial charge in [-0.05, 0) is 41.7 Å². The van der Waals surface area contributed by atoms with E-state index in [1.165, 1.54) is 9.87 Å². The Balaban J connectivity index is 1.74. The van der Waals surface area contributed by atoms with Crippen LogP contribution in [0, 0.1) is 0 Å². The fourth-order valence-electron chi connectivity index (χ4n) is 3.00. The first-order valence-corrected chi connectivity index (χ1v) is 12.4. The number of nitrogens with one attached hydrogen (secondary N) is 1. The molecule has 0 atom stereocenters. The second kappa shape index (κ2) is 10.9. The average Bonchev–Trinajstić information content (AvgIpc) is 2.68. The highest BCUT2D eigenvalue weighted by atomic mass is 35.5. The molecule has 0 unspecified atom stereocenters. The lowest BCUT2D eigenvalue weighted by Gasteiger charge is -2.23. The second-order valence-electron chi connectivity index (χ2n) is 8.36. The number of nitrogens with zero attached hydrogens (tertiary/aromatic N) is 1. The van der Waals surface area contributed by atoms with Gasteiger partial charge in [0.25, 0.3) is 0 Å². The summed E-state index contributed by atoms with van der Waals surface area (Å²) < 4.78 is 31.2. The normalized spacial score (nSPS) is 11.8. The molecule has 0 fully saturated rings. The van der Waals surface area contributed by atoms with E-state index in [0.29, 0.717) is 30.3 Å². The molecule has 0 aliphatic rings. The first-order chi connectivity index (χ1) is 14.5. The molecule has 0 aliphatic heterocycles. The van der Waals surface area contributed by atoms with Crippen LogP contribution < -0.4 is 14.4 Å². The lowest BCUT2D eigenvalue weighted by Crippen LogP contribution is -2.33. The molecule has 0 aromatic heterocycles.